The molecule has 3 nitrogen and oxygen atoms in total. The molecule has 7 heteroatoms. The van der Waals surface area contributed by atoms with Gasteiger partial charge < -0.3 is 14.8 Å². The first-order valence-electron chi connectivity index (χ1n) is 8.44. The number of halogens is 4. The van der Waals surface area contributed by atoms with Gasteiger partial charge in [-0.1, -0.05) is 12.1 Å². The van der Waals surface area contributed by atoms with Crippen molar-refractivity contribution in [3.05, 3.63) is 59.4 Å². The minimum absolute atomic E-state index is 0.0732. The van der Waals surface area contributed by atoms with Gasteiger partial charge in [-0.2, -0.15) is 13.2 Å². The third kappa shape index (κ3) is 2.90. The molecule has 1 saturated heterocycles. The lowest BCUT2D eigenvalue weighted by Gasteiger charge is -2.38. The number of hydrogen-bond donors (Lipinski definition) is 1. The molecular weight excluding hydrogens is 350 g/mol. The van der Waals surface area contributed by atoms with E-state index in [1.165, 1.54) is 30.3 Å². The molecule has 2 aromatic carbocycles. The number of ether oxygens (including phenoxy) is 2. The minimum Gasteiger partial charge on any atom is -0.444 e. The zero-order valence-corrected chi connectivity index (χ0v) is 13.8. The average molecular weight is 367 g/mol. The van der Waals surface area contributed by atoms with E-state index in [4.69, 9.17) is 9.47 Å². The van der Waals surface area contributed by atoms with E-state index in [2.05, 4.69) is 5.32 Å². The molecule has 1 fully saturated rings. The number of benzene rings is 2. The Morgan fingerprint density at radius 1 is 0.923 bits per heavy atom. The fourth-order valence-electron chi connectivity index (χ4n) is 3.61. The van der Waals surface area contributed by atoms with E-state index in [0.717, 1.165) is 38.1 Å². The monoisotopic (exact) mass is 367 g/mol. The maximum absolute atomic E-state index is 13.6. The molecular formula is C19H17F4NO2. The van der Waals surface area contributed by atoms with Gasteiger partial charge >= 0.3 is 6.18 Å². The fraction of sp³-hybridized carbons (Fsp3) is 0.368. The molecule has 4 rings (SSSR count). The number of rotatable bonds is 2. The second-order valence-corrected chi connectivity index (χ2v) is 6.56. The summed E-state index contributed by atoms with van der Waals surface area (Å²) >= 11 is 0. The molecule has 0 amide bonds. The van der Waals surface area contributed by atoms with Gasteiger partial charge in [0.25, 0.3) is 5.79 Å². The summed E-state index contributed by atoms with van der Waals surface area (Å²) in [6.45, 7) is 1.51. The van der Waals surface area contributed by atoms with Crippen molar-refractivity contribution in [1.82, 2.24) is 5.32 Å². The van der Waals surface area contributed by atoms with Crippen molar-refractivity contribution in [2.75, 3.05) is 13.1 Å². The fourth-order valence-corrected chi connectivity index (χ4v) is 3.61. The SMILES string of the molecule is Fc1ccc2c(c1)OC(c1ccc(C(F)(F)F)cc1)(C1CCNCC1)O2. The lowest BCUT2D eigenvalue weighted by atomic mass is 9.84. The van der Waals surface area contributed by atoms with Crippen LogP contribution in [0.2, 0.25) is 0 Å². The van der Waals surface area contributed by atoms with Gasteiger partial charge in [0.05, 0.1) is 5.56 Å². The summed E-state index contributed by atoms with van der Waals surface area (Å²) in [4.78, 5) is 0. The van der Waals surface area contributed by atoms with E-state index >= 15 is 0 Å². The van der Waals surface area contributed by atoms with E-state index in [1.807, 2.05) is 0 Å². The molecule has 0 aromatic heterocycles. The van der Waals surface area contributed by atoms with Gasteiger partial charge in [-0.3, -0.25) is 0 Å². The smallest absolute Gasteiger partial charge is 0.416 e. The van der Waals surface area contributed by atoms with Crippen LogP contribution in [-0.2, 0) is 12.0 Å². The first-order valence-corrected chi connectivity index (χ1v) is 8.44. The summed E-state index contributed by atoms with van der Waals surface area (Å²) in [5, 5.41) is 3.25. The summed E-state index contributed by atoms with van der Waals surface area (Å²) in [7, 11) is 0. The predicted molar refractivity (Wildman–Crippen MR) is 86.4 cm³/mol. The maximum Gasteiger partial charge on any atom is 0.416 e. The molecule has 0 spiro atoms. The van der Waals surface area contributed by atoms with Gasteiger partial charge in [0.2, 0.25) is 0 Å². The van der Waals surface area contributed by atoms with Crippen molar-refractivity contribution in [1.29, 1.82) is 0 Å². The molecule has 0 aliphatic carbocycles. The van der Waals surface area contributed by atoms with E-state index in [0.29, 0.717) is 11.3 Å². The summed E-state index contributed by atoms with van der Waals surface area (Å²) in [6, 6.07) is 8.80. The van der Waals surface area contributed by atoms with E-state index in [1.54, 1.807) is 0 Å². The number of nitrogens with one attached hydrogen (secondary N) is 1. The highest BCUT2D eigenvalue weighted by atomic mass is 19.4. The standard InChI is InChI=1S/C19H17F4NO2/c20-15-5-6-16-17(11-15)26-18(25-16,13-7-9-24-10-8-13)12-1-3-14(4-2-12)19(21,22)23/h1-6,11,13,24H,7-10H2. The van der Waals surface area contributed by atoms with Crippen LogP contribution in [0.1, 0.15) is 24.0 Å². The highest BCUT2D eigenvalue weighted by molar-refractivity contribution is 5.46. The van der Waals surface area contributed by atoms with Gasteiger partial charge in [0.1, 0.15) is 5.82 Å². The number of hydrogen-bond acceptors (Lipinski definition) is 3. The molecule has 2 aliphatic heterocycles. The molecule has 0 bridgehead atoms. The minimum atomic E-state index is -4.41. The van der Waals surface area contributed by atoms with Crippen LogP contribution in [-0.4, -0.2) is 13.1 Å². The Balaban J connectivity index is 1.75. The van der Waals surface area contributed by atoms with E-state index in [9.17, 15) is 17.6 Å². The lowest BCUT2D eigenvalue weighted by molar-refractivity contribution is -0.144. The van der Waals surface area contributed by atoms with Crippen molar-refractivity contribution in [2.45, 2.75) is 24.8 Å². The van der Waals surface area contributed by atoms with Gasteiger partial charge in [-0.25, -0.2) is 4.39 Å². The van der Waals surface area contributed by atoms with Crippen molar-refractivity contribution < 1.29 is 27.0 Å². The van der Waals surface area contributed by atoms with Crippen LogP contribution in [0.4, 0.5) is 17.6 Å². The Morgan fingerprint density at radius 3 is 2.23 bits per heavy atom. The summed E-state index contributed by atoms with van der Waals surface area (Å²) in [6.07, 6.45) is -2.95. The van der Waals surface area contributed by atoms with Crippen LogP contribution in [0.25, 0.3) is 0 Å². The Labute approximate surface area is 147 Å². The maximum atomic E-state index is 13.6. The Kier molecular flexibility index (Phi) is 4.06. The van der Waals surface area contributed by atoms with Crippen molar-refractivity contribution in [2.24, 2.45) is 5.92 Å². The number of piperidine rings is 1. The Morgan fingerprint density at radius 2 is 1.58 bits per heavy atom. The molecule has 2 aliphatic rings. The lowest BCUT2D eigenvalue weighted by Crippen LogP contribution is -2.47. The third-order valence-corrected chi connectivity index (χ3v) is 4.92. The van der Waals surface area contributed by atoms with Crippen molar-refractivity contribution in [3.8, 4) is 11.5 Å². The molecule has 138 valence electrons. The Bertz CT molecular complexity index is 800. The van der Waals surface area contributed by atoms with Gasteiger partial charge in [-0.15, -0.1) is 0 Å². The zero-order chi connectivity index (χ0) is 18.4. The first kappa shape index (κ1) is 17.1. The second-order valence-electron chi connectivity index (χ2n) is 6.56. The van der Waals surface area contributed by atoms with Crippen LogP contribution in [0.15, 0.2) is 42.5 Å². The zero-order valence-electron chi connectivity index (χ0n) is 13.8. The summed E-state index contributed by atoms with van der Waals surface area (Å²) < 4.78 is 64.4. The van der Waals surface area contributed by atoms with Crippen LogP contribution < -0.4 is 14.8 Å². The normalized spacial score (nSPS) is 23.2. The van der Waals surface area contributed by atoms with Gasteiger partial charge in [0.15, 0.2) is 11.5 Å². The topological polar surface area (TPSA) is 30.5 Å². The molecule has 0 saturated carbocycles. The van der Waals surface area contributed by atoms with E-state index in [-0.39, 0.29) is 11.7 Å². The molecule has 26 heavy (non-hydrogen) atoms. The van der Waals surface area contributed by atoms with Gasteiger partial charge in [0, 0.05) is 17.5 Å². The average Bonchev–Trinajstić information content (AvgIpc) is 3.02. The van der Waals surface area contributed by atoms with Crippen LogP contribution in [0.5, 0.6) is 11.5 Å². The molecule has 0 radical (unpaired) electrons. The van der Waals surface area contributed by atoms with Crippen LogP contribution in [0, 0.1) is 11.7 Å². The Hall–Kier alpha value is -2.28. The third-order valence-electron chi connectivity index (χ3n) is 4.92. The first-order chi connectivity index (χ1) is 12.4. The molecule has 1 unspecified atom stereocenters. The predicted octanol–water partition coefficient (Wildman–Crippen LogP) is 4.47. The quantitative estimate of drug-likeness (QED) is 0.795. The highest BCUT2D eigenvalue weighted by Gasteiger charge is 2.50. The van der Waals surface area contributed by atoms with Crippen molar-refractivity contribution >= 4 is 0 Å². The summed E-state index contributed by atoms with van der Waals surface area (Å²) in [5.74, 6) is -1.12. The van der Waals surface area contributed by atoms with Gasteiger partial charge in [-0.05, 0) is 50.2 Å². The molecule has 2 heterocycles. The number of fused-ring (bicyclic) bond motifs is 1. The molecule has 1 atom stereocenters. The molecule has 2 aromatic rings. The van der Waals surface area contributed by atoms with Crippen LogP contribution in [0.3, 0.4) is 0 Å². The highest BCUT2D eigenvalue weighted by Crippen LogP contribution is 2.50. The van der Waals surface area contributed by atoms with Crippen molar-refractivity contribution in [3.63, 3.8) is 0 Å². The molecule has 1 N–H and O–H groups in total. The largest absolute Gasteiger partial charge is 0.444 e. The summed E-state index contributed by atoms with van der Waals surface area (Å²) in [5.41, 5.74) is -0.239. The van der Waals surface area contributed by atoms with E-state index < -0.39 is 23.3 Å². The number of alkyl halides is 3. The van der Waals surface area contributed by atoms with Crippen LogP contribution >= 0.6 is 0 Å². The second kappa shape index (κ2) is 6.16.